The van der Waals surface area contributed by atoms with Crippen LogP contribution in [0.2, 0.25) is 0 Å². The lowest BCUT2D eigenvalue weighted by atomic mass is 10.1. The number of thioether (sulfide) groups is 1. The van der Waals surface area contributed by atoms with Crippen molar-refractivity contribution in [3.05, 3.63) is 138 Å². The van der Waals surface area contributed by atoms with E-state index in [-0.39, 0.29) is 11.6 Å². The van der Waals surface area contributed by atoms with Crippen LogP contribution >= 0.6 is 11.8 Å². The van der Waals surface area contributed by atoms with Crippen LogP contribution in [0.5, 0.6) is 0 Å². The van der Waals surface area contributed by atoms with E-state index in [0.717, 1.165) is 33.4 Å². The van der Waals surface area contributed by atoms with Crippen molar-refractivity contribution < 1.29 is 14.4 Å². The average Bonchev–Trinajstić information content (AvgIpc) is 3.41. The zero-order valence-electron chi connectivity index (χ0n) is 25.9. The van der Waals surface area contributed by atoms with E-state index in [1.54, 1.807) is 67.0 Å². The summed E-state index contributed by atoms with van der Waals surface area (Å²) >= 11 is 1.38. The van der Waals surface area contributed by atoms with Crippen molar-refractivity contribution in [1.29, 1.82) is 0 Å². The lowest BCUT2D eigenvalue weighted by molar-refractivity contribution is -0.115. The number of anilines is 2. The molecule has 0 radical (unpaired) electrons. The van der Waals surface area contributed by atoms with Crippen LogP contribution in [-0.2, 0) is 16.1 Å². The van der Waals surface area contributed by atoms with Gasteiger partial charge in [0.2, 0.25) is 5.91 Å². The molecule has 3 amide bonds. The number of benzene rings is 4. The molecule has 47 heavy (non-hydrogen) atoms. The number of pyridine rings is 1. The van der Waals surface area contributed by atoms with Crippen LogP contribution in [0.15, 0.2) is 132 Å². The van der Waals surface area contributed by atoms with E-state index in [4.69, 9.17) is 0 Å². The van der Waals surface area contributed by atoms with Gasteiger partial charge in [-0.25, -0.2) is 0 Å². The maximum absolute atomic E-state index is 13.4. The summed E-state index contributed by atoms with van der Waals surface area (Å²) in [6, 6.07) is 33.8. The first kappa shape index (κ1) is 31.3. The summed E-state index contributed by atoms with van der Waals surface area (Å²) in [6.45, 7) is 4.83. The van der Waals surface area contributed by atoms with E-state index in [1.807, 2.05) is 49.4 Å². The maximum Gasteiger partial charge on any atom is 0.272 e. The third-order valence-corrected chi connectivity index (χ3v) is 8.75. The molecule has 0 aliphatic carbocycles. The van der Waals surface area contributed by atoms with Gasteiger partial charge in [0.05, 0.1) is 5.25 Å². The molecule has 6 aromatic rings. The number of aryl methyl sites for hydroxylation is 1. The van der Waals surface area contributed by atoms with Crippen LogP contribution in [0.4, 0.5) is 11.4 Å². The van der Waals surface area contributed by atoms with E-state index < -0.39 is 17.1 Å². The van der Waals surface area contributed by atoms with Crippen molar-refractivity contribution in [2.24, 2.45) is 0 Å². The number of nitrogens with zero attached hydrogens (tertiary/aromatic N) is 2. The summed E-state index contributed by atoms with van der Waals surface area (Å²) in [7, 11) is 0. The SMILES string of the molecule is CCn1c2ccccc2c2cc(NC(=O)C(C)Sc3cccc(NC(=O)/C(=C/c4cccnc4)NC(=O)c4ccccc4)c3)ccc21. The number of nitrogens with one attached hydrogen (secondary N) is 3. The first-order chi connectivity index (χ1) is 22.9. The summed E-state index contributed by atoms with van der Waals surface area (Å²) in [5.41, 5.74) is 4.71. The van der Waals surface area contributed by atoms with E-state index in [0.29, 0.717) is 16.8 Å². The summed E-state index contributed by atoms with van der Waals surface area (Å²) < 4.78 is 2.27. The predicted molar refractivity (Wildman–Crippen MR) is 190 cm³/mol. The quantitative estimate of drug-likeness (QED) is 0.105. The molecule has 0 aliphatic heterocycles. The lowest BCUT2D eigenvalue weighted by Crippen LogP contribution is -2.30. The van der Waals surface area contributed by atoms with Crippen LogP contribution in [-0.4, -0.2) is 32.5 Å². The minimum absolute atomic E-state index is 0.0664. The Hall–Kier alpha value is -5.67. The summed E-state index contributed by atoms with van der Waals surface area (Å²) in [5.74, 6) is -1.03. The van der Waals surface area contributed by atoms with Gasteiger partial charge in [0.25, 0.3) is 11.8 Å². The van der Waals surface area contributed by atoms with Crippen molar-refractivity contribution >= 4 is 68.7 Å². The second-order valence-electron chi connectivity index (χ2n) is 10.9. The Labute approximate surface area is 276 Å². The van der Waals surface area contributed by atoms with Gasteiger partial charge in [-0.05, 0) is 86.2 Å². The highest BCUT2D eigenvalue weighted by molar-refractivity contribution is 8.00. The van der Waals surface area contributed by atoms with Gasteiger partial charge < -0.3 is 20.5 Å². The Morgan fingerprint density at radius 3 is 2.36 bits per heavy atom. The molecule has 8 nitrogen and oxygen atoms in total. The molecule has 4 aromatic carbocycles. The molecule has 6 rings (SSSR count). The lowest BCUT2D eigenvalue weighted by Gasteiger charge is -2.14. The smallest absolute Gasteiger partial charge is 0.272 e. The van der Waals surface area contributed by atoms with Crippen molar-refractivity contribution in [2.75, 3.05) is 10.6 Å². The van der Waals surface area contributed by atoms with Gasteiger partial charge >= 0.3 is 0 Å². The van der Waals surface area contributed by atoms with E-state index in [2.05, 4.69) is 50.6 Å². The molecule has 0 aliphatic rings. The van der Waals surface area contributed by atoms with Gasteiger partial charge in [0, 0.05) is 62.6 Å². The Morgan fingerprint density at radius 1 is 0.809 bits per heavy atom. The average molecular weight is 640 g/mol. The Balaban J connectivity index is 1.14. The van der Waals surface area contributed by atoms with Crippen LogP contribution < -0.4 is 16.0 Å². The highest BCUT2D eigenvalue weighted by Crippen LogP contribution is 2.32. The second-order valence-corrected chi connectivity index (χ2v) is 12.3. The zero-order chi connectivity index (χ0) is 32.8. The van der Waals surface area contributed by atoms with Gasteiger partial charge in [0.15, 0.2) is 0 Å². The Morgan fingerprint density at radius 2 is 1.57 bits per heavy atom. The van der Waals surface area contributed by atoms with Gasteiger partial charge in [-0.15, -0.1) is 11.8 Å². The number of hydrogen-bond acceptors (Lipinski definition) is 5. The van der Waals surface area contributed by atoms with Gasteiger partial charge in [0.1, 0.15) is 5.70 Å². The molecule has 0 fully saturated rings. The number of hydrogen-bond donors (Lipinski definition) is 3. The third-order valence-electron chi connectivity index (χ3n) is 7.65. The number of aromatic nitrogens is 2. The standard InChI is InChI=1S/C38H33N5O3S/c1-3-43-34-17-8-7-16-31(34)32-23-29(18-19-35(32)43)40-36(44)25(2)47-30-15-9-14-28(22-30)41-38(46)33(21-26-11-10-20-39-24-26)42-37(45)27-12-5-4-6-13-27/h4-25H,3H2,1-2H3,(H,40,44)(H,41,46)(H,42,45)/b33-21-. The number of carbonyl (C=O) groups excluding carboxylic acids is 3. The first-order valence-corrected chi connectivity index (χ1v) is 16.2. The predicted octanol–water partition coefficient (Wildman–Crippen LogP) is 7.74. The summed E-state index contributed by atoms with van der Waals surface area (Å²) in [6.07, 6.45) is 4.81. The molecule has 0 saturated carbocycles. The van der Waals surface area contributed by atoms with Gasteiger partial charge in [-0.2, -0.15) is 0 Å². The molecule has 1 unspecified atom stereocenters. The fourth-order valence-corrected chi connectivity index (χ4v) is 6.32. The fraction of sp³-hybridized carbons (Fsp3) is 0.105. The summed E-state index contributed by atoms with van der Waals surface area (Å²) in [4.78, 5) is 44.5. The minimum Gasteiger partial charge on any atom is -0.341 e. The molecule has 3 N–H and O–H groups in total. The van der Waals surface area contributed by atoms with E-state index >= 15 is 0 Å². The highest BCUT2D eigenvalue weighted by Gasteiger charge is 2.18. The second kappa shape index (κ2) is 14.2. The number of fused-ring (bicyclic) bond motifs is 3. The normalized spacial score (nSPS) is 12.1. The molecule has 9 heteroatoms. The molecule has 0 saturated heterocycles. The van der Waals surface area contributed by atoms with Crippen LogP contribution in [0, 0.1) is 0 Å². The van der Waals surface area contributed by atoms with Gasteiger partial charge in [-0.3, -0.25) is 19.4 Å². The number of amides is 3. The van der Waals surface area contributed by atoms with Crippen molar-refractivity contribution in [2.45, 2.75) is 30.5 Å². The van der Waals surface area contributed by atoms with Gasteiger partial charge in [-0.1, -0.05) is 48.5 Å². The molecular weight excluding hydrogens is 607 g/mol. The van der Waals surface area contributed by atoms with Crippen LogP contribution in [0.25, 0.3) is 27.9 Å². The molecule has 2 heterocycles. The monoisotopic (exact) mass is 639 g/mol. The third kappa shape index (κ3) is 7.26. The van der Waals surface area contributed by atoms with Crippen LogP contribution in [0.3, 0.4) is 0 Å². The zero-order valence-corrected chi connectivity index (χ0v) is 26.8. The molecule has 0 bridgehead atoms. The van der Waals surface area contributed by atoms with Crippen LogP contribution in [0.1, 0.15) is 29.8 Å². The molecule has 0 spiro atoms. The summed E-state index contributed by atoms with van der Waals surface area (Å²) in [5, 5.41) is 10.5. The van der Waals surface area contributed by atoms with E-state index in [9.17, 15) is 14.4 Å². The Bertz CT molecular complexity index is 2110. The van der Waals surface area contributed by atoms with E-state index in [1.165, 1.54) is 17.3 Å². The minimum atomic E-state index is -0.495. The highest BCUT2D eigenvalue weighted by atomic mass is 32.2. The first-order valence-electron chi connectivity index (χ1n) is 15.3. The Kier molecular flexibility index (Phi) is 9.45. The molecule has 1 atom stereocenters. The largest absolute Gasteiger partial charge is 0.341 e. The fourth-order valence-electron chi connectivity index (χ4n) is 5.39. The number of para-hydroxylation sites is 1. The van der Waals surface area contributed by atoms with Crippen molar-refractivity contribution in [3.63, 3.8) is 0 Å². The molecular formula is C38H33N5O3S. The molecule has 2 aromatic heterocycles. The van der Waals surface area contributed by atoms with Crippen molar-refractivity contribution in [1.82, 2.24) is 14.9 Å². The topological polar surface area (TPSA) is 105 Å². The van der Waals surface area contributed by atoms with Crippen molar-refractivity contribution in [3.8, 4) is 0 Å². The number of rotatable bonds is 10. The number of carbonyl (C=O) groups is 3. The molecule has 234 valence electrons. The maximum atomic E-state index is 13.4.